The van der Waals surface area contributed by atoms with Crippen LogP contribution in [0.15, 0.2) is 60.7 Å². The molecule has 0 spiro atoms. The molecule has 3 aromatic rings. The average molecular weight is 319 g/mol. The molecule has 0 fully saturated rings. The first kappa shape index (κ1) is 14.9. The summed E-state index contributed by atoms with van der Waals surface area (Å²) in [6, 6.07) is 20.8. The van der Waals surface area contributed by atoms with Gasteiger partial charge in [0.05, 0.1) is 17.3 Å². The van der Waals surface area contributed by atoms with E-state index in [1.807, 2.05) is 42.5 Å². The number of aromatic nitrogens is 1. The smallest absolute Gasteiger partial charge is 0.263 e. The molecule has 3 rings (SSSR count). The van der Waals surface area contributed by atoms with E-state index in [4.69, 9.17) is 5.26 Å². The Kier molecular flexibility index (Phi) is 4.46. The first-order chi connectivity index (χ1) is 11.3. The van der Waals surface area contributed by atoms with Gasteiger partial charge in [0, 0.05) is 12.1 Å². The van der Waals surface area contributed by atoms with Crippen LogP contribution in [0.1, 0.15) is 20.8 Å². The van der Waals surface area contributed by atoms with Crippen LogP contribution in [0.3, 0.4) is 0 Å². The number of nitrogens with zero attached hydrogens (tertiary/aromatic N) is 2. The molecule has 5 heteroatoms. The van der Waals surface area contributed by atoms with E-state index in [1.54, 1.807) is 18.2 Å². The summed E-state index contributed by atoms with van der Waals surface area (Å²) in [6.07, 6.45) is 0. The van der Waals surface area contributed by atoms with Gasteiger partial charge in [-0.3, -0.25) is 4.79 Å². The molecule has 0 aliphatic carbocycles. The zero-order chi connectivity index (χ0) is 16.1. The molecule has 112 valence electrons. The van der Waals surface area contributed by atoms with Crippen molar-refractivity contribution in [3.05, 3.63) is 76.7 Å². The van der Waals surface area contributed by atoms with Crippen LogP contribution in [0.25, 0.3) is 11.3 Å². The van der Waals surface area contributed by atoms with Crippen LogP contribution in [-0.2, 0) is 6.54 Å². The monoisotopic (exact) mass is 319 g/mol. The van der Waals surface area contributed by atoms with Gasteiger partial charge in [0.2, 0.25) is 0 Å². The molecular formula is C18H13N3OS. The quantitative estimate of drug-likeness (QED) is 0.799. The summed E-state index contributed by atoms with van der Waals surface area (Å²) in [7, 11) is 0. The third kappa shape index (κ3) is 3.62. The van der Waals surface area contributed by atoms with Crippen LogP contribution in [0.5, 0.6) is 0 Å². The van der Waals surface area contributed by atoms with Gasteiger partial charge in [-0.25, -0.2) is 0 Å². The Hall–Kier alpha value is -2.97. The summed E-state index contributed by atoms with van der Waals surface area (Å²) in [5.41, 5.74) is 3.36. The second-order valence-corrected chi connectivity index (χ2v) is 5.74. The maximum Gasteiger partial charge on any atom is 0.263 e. The van der Waals surface area contributed by atoms with Crippen molar-refractivity contribution in [3.8, 4) is 17.3 Å². The van der Waals surface area contributed by atoms with Crippen LogP contribution in [0, 0.1) is 11.3 Å². The minimum Gasteiger partial charge on any atom is -0.347 e. The highest BCUT2D eigenvalue weighted by atomic mass is 32.1. The molecule has 1 N–H and O–H groups in total. The molecule has 1 heterocycles. The Labute approximate surface area is 138 Å². The van der Waals surface area contributed by atoms with Crippen LogP contribution >= 0.6 is 11.5 Å². The molecule has 0 atom stereocenters. The lowest BCUT2D eigenvalue weighted by atomic mass is 10.1. The normalized spacial score (nSPS) is 10.0. The van der Waals surface area contributed by atoms with Crippen LogP contribution in [-0.4, -0.2) is 10.3 Å². The van der Waals surface area contributed by atoms with Crippen molar-refractivity contribution in [3.63, 3.8) is 0 Å². The Morgan fingerprint density at radius 2 is 1.87 bits per heavy atom. The highest BCUT2D eigenvalue weighted by molar-refractivity contribution is 7.08. The number of hydrogen-bond donors (Lipinski definition) is 1. The van der Waals surface area contributed by atoms with Gasteiger partial charge in [-0.05, 0) is 35.3 Å². The summed E-state index contributed by atoms with van der Waals surface area (Å²) < 4.78 is 4.33. The second kappa shape index (κ2) is 6.86. The van der Waals surface area contributed by atoms with E-state index in [0.29, 0.717) is 17.0 Å². The molecule has 1 aromatic heterocycles. The van der Waals surface area contributed by atoms with Crippen molar-refractivity contribution in [1.82, 2.24) is 9.69 Å². The molecule has 0 aliphatic heterocycles. The maximum absolute atomic E-state index is 12.2. The van der Waals surface area contributed by atoms with E-state index in [2.05, 4.69) is 15.8 Å². The zero-order valence-corrected chi connectivity index (χ0v) is 13.0. The topological polar surface area (TPSA) is 65.8 Å². The van der Waals surface area contributed by atoms with Crippen LogP contribution in [0.2, 0.25) is 0 Å². The first-order valence-corrected chi connectivity index (χ1v) is 7.83. The Balaban J connectivity index is 1.64. The molecule has 4 nitrogen and oxygen atoms in total. The number of rotatable bonds is 4. The molecule has 2 aromatic carbocycles. The highest BCUT2D eigenvalue weighted by Gasteiger charge is 2.11. The lowest BCUT2D eigenvalue weighted by Gasteiger charge is -2.03. The van der Waals surface area contributed by atoms with Gasteiger partial charge in [0.15, 0.2) is 0 Å². The largest absolute Gasteiger partial charge is 0.347 e. The van der Waals surface area contributed by atoms with Crippen molar-refractivity contribution in [2.75, 3.05) is 0 Å². The van der Waals surface area contributed by atoms with Crippen LogP contribution < -0.4 is 5.32 Å². The number of nitriles is 1. The van der Waals surface area contributed by atoms with Crippen molar-refractivity contribution in [1.29, 1.82) is 5.26 Å². The van der Waals surface area contributed by atoms with Crippen molar-refractivity contribution >= 4 is 17.4 Å². The molecule has 23 heavy (non-hydrogen) atoms. The minimum atomic E-state index is -0.144. The van der Waals surface area contributed by atoms with E-state index < -0.39 is 0 Å². The third-order valence-electron chi connectivity index (χ3n) is 3.34. The van der Waals surface area contributed by atoms with Crippen molar-refractivity contribution < 1.29 is 4.79 Å². The molecule has 1 amide bonds. The summed E-state index contributed by atoms with van der Waals surface area (Å²) in [5, 5.41) is 11.6. The predicted octanol–water partition coefficient (Wildman–Crippen LogP) is 3.61. The fraction of sp³-hybridized carbons (Fsp3) is 0.0556. The lowest BCUT2D eigenvalue weighted by molar-refractivity contribution is 0.0955. The lowest BCUT2D eigenvalue weighted by Crippen LogP contribution is -2.21. The summed E-state index contributed by atoms with van der Waals surface area (Å²) in [6.45, 7) is 0.420. The van der Waals surface area contributed by atoms with E-state index in [1.165, 1.54) is 11.5 Å². The molecule has 0 unspecified atom stereocenters. The van der Waals surface area contributed by atoms with Gasteiger partial charge in [0.1, 0.15) is 4.88 Å². The fourth-order valence-corrected chi connectivity index (χ4v) is 2.77. The van der Waals surface area contributed by atoms with Gasteiger partial charge in [-0.15, -0.1) is 0 Å². The molecule has 0 saturated heterocycles. The third-order valence-corrected chi connectivity index (χ3v) is 4.13. The van der Waals surface area contributed by atoms with Crippen molar-refractivity contribution in [2.24, 2.45) is 0 Å². The van der Waals surface area contributed by atoms with Gasteiger partial charge < -0.3 is 5.32 Å². The maximum atomic E-state index is 12.2. The number of benzene rings is 2. The SMILES string of the molecule is N#Cc1ccc(CNC(=O)c2cc(-c3ccccc3)ns2)cc1. The van der Waals surface area contributed by atoms with E-state index in [9.17, 15) is 4.79 Å². The molecule has 0 saturated carbocycles. The van der Waals surface area contributed by atoms with Gasteiger partial charge in [-0.2, -0.15) is 9.64 Å². The molecule has 0 bridgehead atoms. The molecule has 0 aliphatic rings. The second-order valence-electron chi connectivity index (χ2n) is 4.93. The number of carbonyl (C=O) groups is 1. The standard InChI is InChI=1S/C18H13N3OS/c19-11-13-6-8-14(9-7-13)12-20-18(22)17-10-16(21-23-17)15-4-2-1-3-5-15/h1-10H,12H2,(H,20,22). The van der Waals surface area contributed by atoms with Crippen molar-refractivity contribution in [2.45, 2.75) is 6.54 Å². The summed E-state index contributed by atoms with van der Waals surface area (Å²) in [5.74, 6) is -0.144. The van der Waals surface area contributed by atoms with E-state index >= 15 is 0 Å². The summed E-state index contributed by atoms with van der Waals surface area (Å²) in [4.78, 5) is 12.8. The number of nitrogens with one attached hydrogen (secondary N) is 1. The van der Waals surface area contributed by atoms with E-state index in [-0.39, 0.29) is 5.91 Å². The Bertz CT molecular complexity index is 848. The fourth-order valence-electron chi connectivity index (χ4n) is 2.09. The Morgan fingerprint density at radius 1 is 1.13 bits per heavy atom. The van der Waals surface area contributed by atoms with Gasteiger partial charge in [0.25, 0.3) is 5.91 Å². The predicted molar refractivity (Wildman–Crippen MR) is 89.9 cm³/mol. The number of hydrogen-bond acceptors (Lipinski definition) is 4. The van der Waals surface area contributed by atoms with E-state index in [0.717, 1.165) is 16.8 Å². The average Bonchev–Trinajstić information content (AvgIpc) is 3.11. The first-order valence-electron chi connectivity index (χ1n) is 7.05. The molecular weight excluding hydrogens is 306 g/mol. The minimum absolute atomic E-state index is 0.144. The van der Waals surface area contributed by atoms with Gasteiger partial charge in [-0.1, -0.05) is 42.5 Å². The summed E-state index contributed by atoms with van der Waals surface area (Å²) >= 11 is 1.19. The highest BCUT2D eigenvalue weighted by Crippen LogP contribution is 2.21. The number of amides is 1. The molecule has 0 radical (unpaired) electrons. The van der Waals surface area contributed by atoms with Gasteiger partial charge >= 0.3 is 0 Å². The number of carbonyl (C=O) groups excluding carboxylic acids is 1. The van der Waals surface area contributed by atoms with Crippen LogP contribution in [0.4, 0.5) is 0 Å². The zero-order valence-electron chi connectivity index (χ0n) is 12.2. The Morgan fingerprint density at radius 3 is 2.57 bits per heavy atom.